The van der Waals surface area contributed by atoms with Gasteiger partial charge in [0.15, 0.2) is 11.9 Å². The minimum atomic E-state index is -2.91. The number of carbonyl (C=O) groups is 1. The first-order valence-corrected chi connectivity index (χ1v) is 9.63. The summed E-state index contributed by atoms with van der Waals surface area (Å²) < 4.78 is 26.8. The molecule has 30 heavy (non-hydrogen) atoms. The average Bonchev–Trinajstić information content (AvgIpc) is 2.73. The number of piperazine rings is 1. The summed E-state index contributed by atoms with van der Waals surface area (Å²) in [5.41, 5.74) is 1.01. The zero-order chi connectivity index (χ0) is 22.3. The second kappa shape index (κ2) is 10.3. The van der Waals surface area contributed by atoms with E-state index in [4.69, 9.17) is 5.11 Å². The highest BCUT2D eigenvalue weighted by Gasteiger charge is 2.28. The smallest absolute Gasteiger partial charge is 0.270 e. The molecule has 3 N–H and O–H groups in total. The van der Waals surface area contributed by atoms with E-state index in [0.29, 0.717) is 43.4 Å². The highest BCUT2D eigenvalue weighted by molar-refractivity contribution is 6.00. The number of aliphatic hydroxyl groups is 2. The minimum absolute atomic E-state index is 0.0766. The first-order chi connectivity index (χ1) is 14.2. The van der Waals surface area contributed by atoms with Crippen molar-refractivity contribution < 1.29 is 23.8 Å². The predicted molar refractivity (Wildman–Crippen MR) is 112 cm³/mol. The maximum Gasteiger partial charge on any atom is 0.270 e. The van der Waals surface area contributed by atoms with Gasteiger partial charge in [-0.2, -0.15) is 0 Å². The topological polar surface area (TPSA) is 88.4 Å². The lowest BCUT2D eigenvalue weighted by Crippen LogP contribution is -2.53. The van der Waals surface area contributed by atoms with Crippen molar-refractivity contribution in [1.82, 2.24) is 9.80 Å². The van der Waals surface area contributed by atoms with Crippen LogP contribution in [0.1, 0.15) is 19.4 Å². The molecule has 1 aromatic rings. The number of anilines is 1. The Hall–Kier alpha value is -2.78. The highest BCUT2D eigenvalue weighted by Crippen LogP contribution is 2.28. The molecule has 7 nitrogen and oxygen atoms in total. The third-order valence-electron chi connectivity index (χ3n) is 4.65. The summed E-state index contributed by atoms with van der Waals surface area (Å²) in [4.78, 5) is 19.9. The number of aliphatic imine (C=N–C) groups is 1. The van der Waals surface area contributed by atoms with Crippen LogP contribution in [0.5, 0.6) is 0 Å². The van der Waals surface area contributed by atoms with Gasteiger partial charge in [-0.05, 0) is 19.1 Å². The van der Waals surface area contributed by atoms with Crippen molar-refractivity contribution in [3.8, 4) is 0 Å². The lowest BCUT2D eigenvalue weighted by Gasteiger charge is -2.37. The highest BCUT2D eigenvalue weighted by atomic mass is 19.3. The van der Waals surface area contributed by atoms with Crippen LogP contribution in [0.2, 0.25) is 0 Å². The van der Waals surface area contributed by atoms with E-state index in [-0.39, 0.29) is 5.56 Å². The summed E-state index contributed by atoms with van der Waals surface area (Å²) in [6.45, 7) is 7.73. The molecule has 1 fully saturated rings. The molecule has 0 radical (unpaired) electrons. The number of hydrogen-bond acceptors (Lipinski definition) is 5. The number of alkyl halides is 2. The van der Waals surface area contributed by atoms with Crippen molar-refractivity contribution in [3.63, 3.8) is 0 Å². The third kappa shape index (κ3) is 6.11. The summed E-state index contributed by atoms with van der Waals surface area (Å²) >= 11 is 0. The monoisotopic (exact) mass is 422 g/mol. The molecule has 0 spiro atoms. The Bertz CT molecular complexity index is 795. The fourth-order valence-electron chi connectivity index (χ4n) is 3.00. The number of carbonyl (C=O) groups excluding carboxylic acids is 1. The quantitative estimate of drug-likeness (QED) is 0.463. The Labute approximate surface area is 175 Å². The number of allylic oxidation sites excluding steroid dienone is 1. The number of rotatable bonds is 7. The molecule has 1 aromatic carbocycles. The zero-order valence-electron chi connectivity index (χ0n) is 17.2. The van der Waals surface area contributed by atoms with Crippen LogP contribution in [0.3, 0.4) is 0 Å². The van der Waals surface area contributed by atoms with E-state index in [1.54, 1.807) is 24.4 Å². The number of nitrogens with one attached hydrogen (secondary N) is 1. The zero-order valence-corrected chi connectivity index (χ0v) is 17.2. The van der Waals surface area contributed by atoms with Gasteiger partial charge in [-0.15, -0.1) is 0 Å². The van der Waals surface area contributed by atoms with Crippen molar-refractivity contribution in [3.05, 3.63) is 54.4 Å². The molecule has 1 aliphatic heterocycles. The maximum absolute atomic E-state index is 13.4. The van der Waals surface area contributed by atoms with Crippen LogP contribution >= 0.6 is 0 Å². The number of nitrogens with zero attached hydrogens (tertiary/aromatic N) is 3. The van der Waals surface area contributed by atoms with Crippen LogP contribution in [-0.2, 0) is 10.7 Å². The van der Waals surface area contributed by atoms with E-state index < -0.39 is 24.5 Å². The molecule has 0 aromatic heterocycles. The maximum atomic E-state index is 13.4. The SMILES string of the molecule is C=C(Nc1ccc(C(C)(F)F)cc1)C(=N/C=C\C)N1CCN(C(=O)C(O)CO)CC1. The number of amidine groups is 1. The van der Waals surface area contributed by atoms with Gasteiger partial charge in [0, 0.05) is 50.6 Å². The Kier molecular flexibility index (Phi) is 8.08. The van der Waals surface area contributed by atoms with Gasteiger partial charge in [0.25, 0.3) is 11.8 Å². The summed E-state index contributed by atoms with van der Waals surface area (Å²) in [5, 5.41) is 21.6. The number of aliphatic hydroxyl groups excluding tert-OH is 2. The lowest BCUT2D eigenvalue weighted by atomic mass is 10.1. The van der Waals surface area contributed by atoms with Gasteiger partial charge in [0.1, 0.15) is 0 Å². The fraction of sp³-hybridized carbons (Fsp3) is 0.429. The van der Waals surface area contributed by atoms with Crippen molar-refractivity contribution in [2.75, 3.05) is 38.1 Å². The number of hydrogen-bond donors (Lipinski definition) is 3. The summed E-state index contributed by atoms with van der Waals surface area (Å²) in [6.07, 6.45) is 1.97. The van der Waals surface area contributed by atoms with Crippen molar-refractivity contribution >= 4 is 17.4 Å². The number of halogens is 2. The molecule has 1 heterocycles. The molecule has 164 valence electrons. The van der Waals surface area contributed by atoms with Gasteiger partial charge in [-0.3, -0.25) is 4.79 Å². The third-order valence-corrected chi connectivity index (χ3v) is 4.65. The molecule has 0 bridgehead atoms. The second-order valence-corrected chi connectivity index (χ2v) is 7.02. The standard InChI is InChI=1S/C21H28F2N4O3/c1-4-9-24-19(26-10-12-27(13-11-26)20(30)18(29)14-28)15(2)25-17-7-5-16(6-8-17)21(3,22)23/h4-9,18,25,28-29H,2,10-14H2,1,3H3/b9-4-,24-19?. The van der Waals surface area contributed by atoms with Crippen LogP contribution in [0, 0.1) is 0 Å². The van der Waals surface area contributed by atoms with Crippen LogP contribution in [0.25, 0.3) is 0 Å². The van der Waals surface area contributed by atoms with Crippen molar-refractivity contribution in [1.29, 1.82) is 0 Å². The van der Waals surface area contributed by atoms with Crippen LogP contribution < -0.4 is 5.32 Å². The second-order valence-electron chi connectivity index (χ2n) is 7.02. The van der Waals surface area contributed by atoms with Crippen LogP contribution in [-0.4, -0.2) is 70.6 Å². The Balaban J connectivity index is 2.07. The van der Waals surface area contributed by atoms with Crippen molar-refractivity contribution in [2.45, 2.75) is 25.9 Å². The Morgan fingerprint density at radius 3 is 2.33 bits per heavy atom. The molecule has 0 aliphatic carbocycles. The molecular formula is C21H28F2N4O3. The van der Waals surface area contributed by atoms with E-state index in [2.05, 4.69) is 16.9 Å². The van der Waals surface area contributed by atoms with E-state index in [1.807, 2.05) is 11.8 Å². The van der Waals surface area contributed by atoms with Crippen LogP contribution in [0.4, 0.5) is 14.5 Å². The summed E-state index contributed by atoms with van der Waals surface area (Å²) in [6, 6.07) is 5.82. The largest absolute Gasteiger partial charge is 0.393 e. The van der Waals surface area contributed by atoms with Gasteiger partial charge < -0.3 is 25.3 Å². The number of amides is 1. The first-order valence-electron chi connectivity index (χ1n) is 9.63. The Morgan fingerprint density at radius 2 is 1.83 bits per heavy atom. The van der Waals surface area contributed by atoms with Gasteiger partial charge in [-0.25, -0.2) is 13.8 Å². The molecule has 9 heteroatoms. The predicted octanol–water partition coefficient (Wildman–Crippen LogP) is 2.15. The average molecular weight is 422 g/mol. The van der Waals surface area contributed by atoms with E-state index >= 15 is 0 Å². The molecule has 1 atom stereocenters. The van der Waals surface area contributed by atoms with E-state index in [1.165, 1.54) is 17.0 Å². The van der Waals surface area contributed by atoms with Crippen LogP contribution in [0.15, 0.2) is 53.8 Å². The van der Waals surface area contributed by atoms with Crippen molar-refractivity contribution in [2.24, 2.45) is 4.99 Å². The van der Waals surface area contributed by atoms with Gasteiger partial charge in [-0.1, -0.05) is 24.8 Å². The summed E-state index contributed by atoms with van der Waals surface area (Å²) in [7, 11) is 0. The van der Waals surface area contributed by atoms with E-state index in [0.717, 1.165) is 6.92 Å². The summed E-state index contributed by atoms with van der Waals surface area (Å²) in [5.74, 6) is -2.85. The minimum Gasteiger partial charge on any atom is -0.393 e. The molecular weight excluding hydrogens is 394 g/mol. The number of benzene rings is 1. The molecule has 1 unspecified atom stereocenters. The fourth-order valence-corrected chi connectivity index (χ4v) is 3.00. The molecule has 0 saturated carbocycles. The molecule has 1 amide bonds. The molecule has 1 aliphatic rings. The van der Waals surface area contributed by atoms with E-state index in [9.17, 15) is 18.7 Å². The van der Waals surface area contributed by atoms with Gasteiger partial charge in [0.2, 0.25) is 0 Å². The van der Waals surface area contributed by atoms with Gasteiger partial charge >= 0.3 is 0 Å². The first kappa shape index (κ1) is 23.5. The Morgan fingerprint density at radius 1 is 1.27 bits per heavy atom. The van der Waals surface area contributed by atoms with Gasteiger partial charge in [0.05, 0.1) is 12.3 Å². The molecule has 1 saturated heterocycles. The lowest BCUT2D eigenvalue weighted by molar-refractivity contribution is -0.143. The normalized spacial score (nSPS) is 16.7. The molecule has 2 rings (SSSR count).